The predicted molar refractivity (Wildman–Crippen MR) is 127 cm³/mol. The highest BCUT2D eigenvalue weighted by Gasteiger charge is 2.23. The topological polar surface area (TPSA) is 113 Å². The van der Waals surface area contributed by atoms with Crippen molar-refractivity contribution >= 4 is 37.9 Å². The average molecular weight is 487 g/mol. The van der Waals surface area contributed by atoms with E-state index in [-0.39, 0.29) is 21.9 Å². The molecule has 1 fully saturated rings. The third-order valence-corrected chi connectivity index (χ3v) is 8.68. The fraction of sp³-hybridized carbons (Fsp3) is 0.391. The van der Waals surface area contributed by atoms with Gasteiger partial charge in [-0.05, 0) is 43.9 Å². The molecule has 0 amide bonds. The summed E-state index contributed by atoms with van der Waals surface area (Å²) in [6, 6.07) is 11.7. The maximum absolute atomic E-state index is 13.3. The van der Waals surface area contributed by atoms with Crippen molar-refractivity contribution in [3.8, 4) is 0 Å². The molecular weight excluding hydrogens is 460 g/mol. The smallest absolute Gasteiger partial charge is 0.206 e. The molecular formula is C23H26N4O4S2. The molecule has 0 atom stereocenters. The Balaban J connectivity index is 1.48. The van der Waals surface area contributed by atoms with Crippen molar-refractivity contribution in [2.24, 2.45) is 0 Å². The van der Waals surface area contributed by atoms with Crippen LogP contribution < -0.4 is 10.6 Å². The maximum atomic E-state index is 13.3. The second-order valence-corrected chi connectivity index (χ2v) is 11.4. The molecule has 33 heavy (non-hydrogen) atoms. The van der Waals surface area contributed by atoms with Crippen LogP contribution in [-0.4, -0.2) is 42.2 Å². The van der Waals surface area contributed by atoms with Crippen LogP contribution in [0.3, 0.4) is 0 Å². The first-order chi connectivity index (χ1) is 16.0. The number of nitrogens with zero attached hydrogens (tertiary/aromatic N) is 2. The van der Waals surface area contributed by atoms with Crippen molar-refractivity contribution < 1.29 is 18.3 Å². The van der Waals surface area contributed by atoms with E-state index in [1.807, 2.05) is 0 Å². The first-order valence-electron chi connectivity index (χ1n) is 11.1. The van der Waals surface area contributed by atoms with E-state index < -0.39 is 9.84 Å². The van der Waals surface area contributed by atoms with Gasteiger partial charge in [0, 0.05) is 18.5 Å². The van der Waals surface area contributed by atoms with Gasteiger partial charge in [0.15, 0.2) is 5.13 Å². The van der Waals surface area contributed by atoms with Crippen LogP contribution in [0.4, 0.5) is 16.8 Å². The van der Waals surface area contributed by atoms with Crippen LogP contribution in [0.5, 0.6) is 0 Å². The lowest BCUT2D eigenvalue weighted by molar-refractivity contribution is 0.112. The number of sulfone groups is 1. The summed E-state index contributed by atoms with van der Waals surface area (Å²) in [5.74, 6) is 0.901. The molecule has 3 N–H and O–H groups in total. The molecule has 0 bridgehead atoms. The molecule has 0 radical (unpaired) electrons. The fourth-order valence-electron chi connectivity index (χ4n) is 4.15. The SMILES string of the molecule is O=S(=O)(c1ccccc1)c1cc(Nc2nc3c(s2)COCC3)nc(NC2CCC(O)CC2)c1. The molecule has 1 aliphatic heterocycles. The number of aliphatic hydroxyl groups excluding tert-OH is 1. The highest BCUT2D eigenvalue weighted by atomic mass is 32.2. The van der Waals surface area contributed by atoms with Crippen molar-refractivity contribution in [1.82, 2.24) is 9.97 Å². The number of hydrogen-bond acceptors (Lipinski definition) is 9. The lowest BCUT2D eigenvalue weighted by Gasteiger charge is -2.26. The summed E-state index contributed by atoms with van der Waals surface area (Å²) in [5.41, 5.74) is 1.01. The lowest BCUT2D eigenvalue weighted by Crippen LogP contribution is -2.28. The van der Waals surface area contributed by atoms with Crippen molar-refractivity contribution in [3.05, 3.63) is 53.0 Å². The predicted octanol–water partition coefficient (Wildman–Crippen LogP) is 3.90. The van der Waals surface area contributed by atoms with E-state index in [1.165, 1.54) is 11.3 Å². The van der Waals surface area contributed by atoms with E-state index in [0.717, 1.165) is 42.7 Å². The third-order valence-electron chi connectivity index (χ3n) is 5.94. The van der Waals surface area contributed by atoms with Crippen LogP contribution in [0.2, 0.25) is 0 Å². The van der Waals surface area contributed by atoms with E-state index in [9.17, 15) is 13.5 Å². The van der Waals surface area contributed by atoms with Gasteiger partial charge in [-0.15, -0.1) is 0 Å². The quantitative estimate of drug-likeness (QED) is 0.481. The highest BCUT2D eigenvalue weighted by molar-refractivity contribution is 7.91. The number of ether oxygens (including phenoxy) is 1. The van der Waals surface area contributed by atoms with Crippen molar-refractivity contribution in [1.29, 1.82) is 0 Å². The zero-order chi connectivity index (χ0) is 22.8. The zero-order valence-corrected chi connectivity index (χ0v) is 19.7. The number of aliphatic hydroxyl groups is 1. The van der Waals surface area contributed by atoms with Crippen LogP contribution in [0.25, 0.3) is 0 Å². The Morgan fingerprint density at radius 1 is 1.00 bits per heavy atom. The molecule has 2 aromatic heterocycles. The van der Waals surface area contributed by atoms with Gasteiger partial charge in [-0.25, -0.2) is 18.4 Å². The second-order valence-electron chi connectivity index (χ2n) is 8.36. The van der Waals surface area contributed by atoms with Gasteiger partial charge in [0.05, 0.1) is 39.7 Å². The van der Waals surface area contributed by atoms with Gasteiger partial charge in [0.1, 0.15) is 11.6 Å². The number of hydrogen-bond donors (Lipinski definition) is 3. The van der Waals surface area contributed by atoms with Crippen LogP contribution >= 0.6 is 11.3 Å². The molecule has 3 aromatic rings. The third kappa shape index (κ3) is 5.03. The summed E-state index contributed by atoms with van der Waals surface area (Å²) in [5, 5.41) is 17.0. The van der Waals surface area contributed by atoms with E-state index in [1.54, 1.807) is 42.5 Å². The summed E-state index contributed by atoms with van der Waals surface area (Å²) >= 11 is 1.50. The minimum atomic E-state index is -3.73. The number of nitrogens with one attached hydrogen (secondary N) is 2. The van der Waals surface area contributed by atoms with Crippen molar-refractivity contribution in [2.45, 2.75) is 60.6 Å². The Kier molecular flexibility index (Phi) is 6.33. The molecule has 0 saturated heterocycles. The largest absolute Gasteiger partial charge is 0.393 e. The molecule has 10 heteroatoms. The van der Waals surface area contributed by atoms with Gasteiger partial charge in [0.25, 0.3) is 0 Å². The van der Waals surface area contributed by atoms with E-state index >= 15 is 0 Å². The molecule has 5 rings (SSSR count). The number of benzene rings is 1. The number of aromatic nitrogens is 2. The van der Waals surface area contributed by atoms with E-state index in [4.69, 9.17) is 4.74 Å². The van der Waals surface area contributed by atoms with Crippen LogP contribution in [-0.2, 0) is 27.6 Å². The fourth-order valence-corrected chi connectivity index (χ4v) is 6.43. The summed E-state index contributed by atoms with van der Waals surface area (Å²) in [6.45, 7) is 1.20. The summed E-state index contributed by atoms with van der Waals surface area (Å²) in [7, 11) is -3.73. The first-order valence-corrected chi connectivity index (χ1v) is 13.4. The minimum Gasteiger partial charge on any atom is -0.393 e. The number of rotatable bonds is 6. The molecule has 3 heterocycles. The number of thiazole rings is 1. The lowest BCUT2D eigenvalue weighted by atomic mass is 9.93. The number of pyridine rings is 1. The second kappa shape index (κ2) is 9.38. The van der Waals surface area contributed by atoms with Gasteiger partial charge in [-0.2, -0.15) is 0 Å². The molecule has 1 aliphatic carbocycles. The monoisotopic (exact) mass is 486 g/mol. The van der Waals surface area contributed by atoms with Crippen LogP contribution in [0.1, 0.15) is 36.3 Å². The van der Waals surface area contributed by atoms with E-state index in [2.05, 4.69) is 20.6 Å². The summed E-state index contributed by atoms with van der Waals surface area (Å²) in [6.07, 6.45) is 3.55. The Bertz CT molecular complexity index is 1200. The van der Waals surface area contributed by atoms with Gasteiger partial charge in [0.2, 0.25) is 9.84 Å². The number of fused-ring (bicyclic) bond motifs is 1. The van der Waals surface area contributed by atoms with Crippen molar-refractivity contribution in [3.63, 3.8) is 0 Å². The highest BCUT2D eigenvalue weighted by Crippen LogP contribution is 2.32. The molecule has 1 saturated carbocycles. The molecule has 8 nitrogen and oxygen atoms in total. The molecule has 0 spiro atoms. The number of anilines is 3. The summed E-state index contributed by atoms with van der Waals surface area (Å²) < 4.78 is 32.2. The minimum absolute atomic E-state index is 0.132. The molecule has 0 unspecified atom stereocenters. The van der Waals surface area contributed by atoms with Gasteiger partial charge in [-0.3, -0.25) is 0 Å². The Morgan fingerprint density at radius 2 is 1.76 bits per heavy atom. The zero-order valence-electron chi connectivity index (χ0n) is 18.0. The normalized spacial score (nSPS) is 20.8. The molecule has 2 aliphatic rings. The van der Waals surface area contributed by atoms with Crippen LogP contribution in [0.15, 0.2) is 52.3 Å². The first kappa shape index (κ1) is 22.3. The van der Waals surface area contributed by atoms with Gasteiger partial charge >= 0.3 is 0 Å². The van der Waals surface area contributed by atoms with Crippen molar-refractivity contribution in [2.75, 3.05) is 17.2 Å². The van der Waals surface area contributed by atoms with Gasteiger partial charge < -0.3 is 20.5 Å². The van der Waals surface area contributed by atoms with E-state index in [0.29, 0.717) is 30.0 Å². The molecule has 1 aromatic carbocycles. The standard InChI is InChI=1S/C23H26N4O4S2/c28-16-8-6-15(7-9-16)24-21-12-18(33(29,30)17-4-2-1-3-5-17)13-22(26-21)27-23-25-19-10-11-31-14-20(19)32-23/h1-5,12-13,15-16,28H,6-11,14H2,(H2,24,25,26,27). The Labute approximate surface area is 197 Å². The Hall–Kier alpha value is -2.53. The summed E-state index contributed by atoms with van der Waals surface area (Å²) in [4.78, 5) is 10.8. The Morgan fingerprint density at radius 3 is 2.52 bits per heavy atom. The average Bonchev–Trinajstić information content (AvgIpc) is 3.23. The van der Waals surface area contributed by atoms with Gasteiger partial charge in [-0.1, -0.05) is 29.5 Å². The maximum Gasteiger partial charge on any atom is 0.206 e. The molecule has 174 valence electrons. The van der Waals surface area contributed by atoms with Crippen LogP contribution in [0, 0.1) is 0 Å².